The third-order valence-corrected chi connectivity index (χ3v) is 2.61. The largest absolute Gasteiger partial charge is 0.453 e. The van der Waals surface area contributed by atoms with E-state index in [1.807, 2.05) is 0 Å². The molecular weight excluding hydrogens is 206 g/mol. The first kappa shape index (κ1) is 13.0. The molecule has 16 heavy (non-hydrogen) atoms. The van der Waals surface area contributed by atoms with Gasteiger partial charge in [0.25, 0.3) is 0 Å². The minimum absolute atomic E-state index is 0.534. The fourth-order valence-corrected chi connectivity index (χ4v) is 1.85. The minimum Gasteiger partial charge on any atom is -0.453 e. The number of nitrogens with one attached hydrogen (secondary N) is 1. The number of hydrogen-bond acceptors (Lipinski definition) is 3. The maximum absolute atomic E-state index is 11.4. The lowest BCUT2D eigenvalue weighted by molar-refractivity contribution is -0.163. The Morgan fingerprint density at radius 3 is 2.31 bits per heavy atom. The number of carbonyl (C=O) groups is 2. The summed E-state index contributed by atoms with van der Waals surface area (Å²) in [7, 11) is 0. The van der Waals surface area contributed by atoms with Crippen molar-refractivity contribution < 1.29 is 14.3 Å². The van der Waals surface area contributed by atoms with E-state index in [0.717, 1.165) is 12.8 Å². The van der Waals surface area contributed by atoms with Crippen LogP contribution in [0, 0.1) is 5.92 Å². The Hall–Kier alpha value is -1.06. The molecule has 1 N–H and O–H groups in total. The Morgan fingerprint density at radius 2 is 1.81 bits per heavy atom. The summed E-state index contributed by atoms with van der Waals surface area (Å²) in [6, 6.07) is 0. The molecule has 0 bridgehead atoms. The van der Waals surface area contributed by atoms with E-state index < -0.39 is 17.5 Å². The summed E-state index contributed by atoms with van der Waals surface area (Å²) in [6.07, 6.45) is 4.75. The van der Waals surface area contributed by atoms with Crippen molar-refractivity contribution in [3.63, 3.8) is 0 Å². The lowest BCUT2D eigenvalue weighted by Gasteiger charge is -2.19. The van der Waals surface area contributed by atoms with Crippen LogP contribution in [0.2, 0.25) is 0 Å². The number of ether oxygens (including phenoxy) is 1. The minimum atomic E-state index is -0.787. The second-order valence-corrected chi connectivity index (χ2v) is 5.36. The van der Waals surface area contributed by atoms with E-state index in [2.05, 4.69) is 5.32 Å². The Balaban J connectivity index is 2.26. The van der Waals surface area contributed by atoms with Crippen molar-refractivity contribution >= 4 is 11.9 Å². The maximum Gasteiger partial charge on any atom is 0.397 e. The first-order valence-corrected chi connectivity index (χ1v) is 5.89. The van der Waals surface area contributed by atoms with E-state index in [0.29, 0.717) is 12.5 Å². The molecule has 4 heteroatoms. The van der Waals surface area contributed by atoms with Crippen molar-refractivity contribution in [3.8, 4) is 0 Å². The van der Waals surface area contributed by atoms with Crippen LogP contribution in [0.1, 0.15) is 46.5 Å². The molecule has 1 saturated carbocycles. The molecule has 1 rings (SSSR count). The van der Waals surface area contributed by atoms with Gasteiger partial charge in [0, 0.05) is 6.54 Å². The number of hydrogen-bond donors (Lipinski definition) is 1. The molecule has 92 valence electrons. The molecule has 0 aromatic heterocycles. The second kappa shape index (κ2) is 5.32. The summed E-state index contributed by atoms with van der Waals surface area (Å²) in [6.45, 7) is 5.83. The molecule has 1 fully saturated rings. The summed E-state index contributed by atoms with van der Waals surface area (Å²) in [5, 5.41) is 2.63. The van der Waals surface area contributed by atoms with E-state index in [1.165, 1.54) is 12.8 Å². The molecule has 0 heterocycles. The van der Waals surface area contributed by atoms with Gasteiger partial charge in [0.15, 0.2) is 0 Å². The summed E-state index contributed by atoms with van der Waals surface area (Å²) in [4.78, 5) is 22.7. The monoisotopic (exact) mass is 227 g/mol. The molecule has 0 spiro atoms. The third-order valence-electron chi connectivity index (χ3n) is 2.61. The molecule has 1 aliphatic rings. The second-order valence-electron chi connectivity index (χ2n) is 5.36. The smallest absolute Gasteiger partial charge is 0.397 e. The van der Waals surface area contributed by atoms with Gasteiger partial charge < -0.3 is 10.1 Å². The van der Waals surface area contributed by atoms with Crippen molar-refractivity contribution in [2.45, 2.75) is 52.1 Å². The summed E-state index contributed by atoms with van der Waals surface area (Å²) >= 11 is 0. The fraction of sp³-hybridized carbons (Fsp3) is 0.833. The van der Waals surface area contributed by atoms with Gasteiger partial charge in [-0.05, 0) is 39.5 Å². The number of rotatable bonds is 2. The molecule has 0 unspecified atom stereocenters. The van der Waals surface area contributed by atoms with Gasteiger partial charge >= 0.3 is 11.9 Å². The predicted octanol–water partition coefficient (Wildman–Crippen LogP) is 1.63. The molecule has 0 radical (unpaired) electrons. The first-order chi connectivity index (χ1) is 7.38. The molecule has 1 amide bonds. The summed E-state index contributed by atoms with van der Waals surface area (Å²) < 4.78 is 4.96. The molecule has 0 atom stereocenters. The maximum atomic E-state index is 11.4. The summed E-state index contributed by atoms with van der Waals surface area (Å²) in [5.41, 5.74) is -0.609. The van der Waals surface area contributed by atoms with Crippen LogP contribution in [-0.2, 0) is 14.3 Å². The van der Waals surface area contributed by atoms with Gasteiger partial charge in [0.2, 0.25) is 0 Å². The SMILES string of the molecule is CC(C)(C)OC(=O)C(=O)NCC1CCCC1. The topological polar surface area (TPSA) is 55.4 Å². The highest BCUT2D eigenvalue weighted by atomic mass is 16.6. The van der Waals surface area contributed by atoms with E-state index in [9.17, 15) is 9.59 Å². The summed E-state index contributed by atoms with van der Waals surface area (Å²) in [5.74, 6) is -0.876. The van der Waals surface area contributed by atoms with E-state index in [1.54, 1.807) is 20.8 Å². The Labute approximate surface area is 96.7 Å². The lowest BCUT2D eigenvalue weighted by atomic mass is 10.1. The van der Waals surface area contributed by atoms with E-state index in [4.69, 9.17) is 4.74 Å². The van der Waals surface area contributed by atoms with Crippen LogP contribution in [0.3, 0.4) is 0 Å². The number of esters is 1. The predicted molar refractivity (Wildman–Crippen MR) is 60.8 cm³/mol. The van der Waals surface area contributed by atoms with Crippen LogP contribution in [0.4, 0.5) is 0 Å². The molecule has 4 nitrogen and oxygen atoms in total. The average Bonchev–Trinajstić information content (AvgIpc) is 2.63. The van der Waals surface area contributed by atoms with Gasteiger partial charge in [-0.1, -0.05) is 12.8 Å². The molecule has 0 aromatic carbocycles. The van der Waals surface area contributed by atoms with Gasteiger partial charge in [0.1, 0.15) is 5.60 Å². The van der Waals surface area contributed by atoms with Crippen LogP contribution in [0.25, 0.3) is 0 Å². The highest BCUT2D eigenvalue weighted by Gasteiger charge is 2.23. The van der Waals surface area contributed by atoms with E-state index in [-0.39, 0.29) is 0 Å². The standard InChI is InChI=1S/C12H21NO3/c1-12(2,3)16-11(15)10(14)13-8-9-6-4-5-7-9/h9H,4-8H2,1-3H3,(H,13,14). The molecular formula is C12H21NO3. The fourth-order valence-electron chi connectivity index (χ4n) is 1.85. The Morgan fingerprint density at radius 1 is 1.25 bits per heavy atom. The number of amides is 1. The normalized spacial score (nSPS) is 17.2. The van der Waals surface area contributed by atoms with Gasteiger partial charge in [-0.25, -0.2) is 4.79 Å². The van der Waals surface area contributed by atoms with Gasteiger partial charge in [-0.15, -0.1) is 0 Å². The quantitative estimate of drug-likeness (QED) is 0.576. The van der Waals surface area contributed by atoms with Crippen molar-refractivity contribution in [1.82, 2.24) is 5.32 Å². The zero-order chi connectivity index (χ0) is 12.2. The van der Waals surface area contributed by atoms with Gasteiger partial charge in [0.05, 0.1) is 0 Å². The Kier molecular flexibility index (Phi) is 4.33. The average molecular weight is 227 g/mol. The zero-order valence-corrected chi connectivity index (χ0v) is 10.3. The van der Waals surface area contributed by atoms with Crippen molar-refractivity contribution in [1.29, 1.82) is 0 Å². The van der Waals surface area contributed by atoms with Crippen molar-refractivity contribution in [3.05, 3.63) is 0 Å². The van der Waals surface area contributed by atoms with Crippen LogP contribution in [0.5, 0.6) is 0 Å². The number of carbonyl (C=O) groups excluding carboxylic acids is 2. The van der Waals surface area contributed by atoms with Crippen LogP contribution < -0.4 is 5.32 Å². The van der Waals surface area contributed by atoms with Crippen LogP contribution in [0.15, 0.2) is 0 Å². The Bertz CT molecular complexity index is 262. The van der Waals surface area contributed by atoms with Crippen molar-refractivity contribution in [2.24, 2.45) is 5.92 Å². The van der Waals surface area contributed by atoms with Crippen LogP contribution in [-0.4, -0.2) is 24.0 Å². The molecule has 1 aliphatic carbocycles. The third kappa shape index (κ3) is 4.64. The highest BCUT2D eigenvalue weighted by molar-refractivity contribution is 6.32. The molecule has 0 aromatic rings. The van der Waals surface area contributed by atoms with Crippen molar-refractivity contribution in [2.75, 3.05) is 6.54 Å². The molecule has 0 aliphatic heterocycles. The first-order valence-electron chi connectivity index (χ1n) is 5.89. The van der Waals surface area contributed by atoms with E-state index >= 15 is 0 Å². The molecule has 0 saturated heterocycles. The zero-order valence-electron chi connectivity index (χ0n) is 10.3. The highest BCUT2D eigenvalue weighted by Crippen LogP contribution is 2.23. The van der Waals surface area contributed by atoms with Gasteiger partial charge in [-0.3, -0.25) is 4.79 Å². The lowest BCUT2D eigenvalue weighted by Crippen LogP contribution is -2.38. The van der Waals surface area contributed by atoms with Crippen LogP contribution >= 0.6 is 0 Å². The van der Waals surface area contributed by atoms with Gasteiger partial charge in [-0.2, -0.15) is 0 Å².